The van der Waals surface area contributed by atoms with Gasteiger partial charge in [0.15, 0.2) is 5.75 Å². The first-order valence-electron chi connectivity index (χ1n) is 10.9. The Labute approximate surface area is 213 Å². The van der Waals surface area contributed by atoms with Crippen molar-refractivity contribution in [1.29, 1.82) is 0 Å². The first-order valence-corrected chi connectivity index (χ1v) is 12.7. The summed E-state index contributed by atoms with van der Waals surface area (Å²) in [5, 5.41) is 12.6. The van der Waals surface area contributed by atoms with Crippen molar-refractivity contribution < 1.29 is 27.5 Å². The first kappa shape index (κ1) is 25.5. The van der Waals surface area contributed by atoms with E-state index in [4.69, 9.17) is 16.3 Å². The molecule has 0 bridgehead atoms. The van der Waals surface area contributed by atoms with Gasteiger partial charge in [-0.2, -0.15) is 0 Å². The lowest BCUT2D eigenvalue weighted by atomic mass is 9.87. The zero-order valence-corrected chi connectivity index (χ0v) is 21.8. The third-order valence-corrected chi connectivity index (χ3v) is 7.60. The second kappa shape index (κ2) is 8.79. The number of sulfonamides is 1. The molecule has 1 aliphatic rings. The maximum atomic E-state index is 13.4. The summed E-state index contributed by atoms with van der Waals surface area (Å²) in [6.45, 7) is 7.68. The van der Waals surface area contributed by atoms with Crippen LogP contribution in [0, 0.1) is 12.1 Å². The van der Waals surface area contributed by atoms with Crippen LogP contribution in [0.25, 0.3) is 0 Å². The van der Waals surface area contributed by atoms with Gasteiger partial charge in [-0.3, -0.25) is 4.72 Å². The number of hydrogen-bond acceptors (Lipinski definition) is 6. The molecule has 0 unspecified atom stereocenters. The van der Waals surface area contributed by atoms with E-state index in [1.165, 1.54) is 37.4 Å². The van der Waals surface area contributed by atoms with Crippen molar-refractivity contribution in [1.82, 2.24) is 0 Å². The minimum Gasteiger partial charge on any atom is -0.710 e. The van der Waals surface area contributed by atoms with Gasteiger partial charge in [0.25, 0.3) is 15.8 Å². The van der Waals surface area contributed by atoms with Crippen LogP contribution < -0.4 is 19.1 Å². The highest BCUT2D eigenvalue weighted by Gasteiger charge is 2.48. The van der Waals surface area contributed by atoms with Gasteiger partial charge in [-0.1, -0.05) is 44.5 Å². The number of imide groups is 1. The van der Waals surface area contributed by atoms with E-state index in [0.717, 1.165) is 11.8 Å². The normalized spacial score (nSPS) is 13.7. The highest BCUT2D eigenvalue weighted by molar-refractivity contribution is 7.92. The zero-order valence-electron chi connectivity index (χ0n) is 20.2. The lowest BCUT2D eigenvalue weighted by Gasteiger charge is -2.19. The summed E-state index contributed by atoms with van der Waals surface area (Å²) in [4.78, 5) is 27.3. The molecule has 36 heavy (non-hydrogen) atoms. The van der Waals surface area contributed by atoms with Gasteiger partial charge in [-0.05, 0) is 42.2 Å². The molecular formula is C25H24ClN3O6S. The summed E-state index contributed by atoms with van der Waals surface area (Å²) in [6, 6.07) is 10.3. The van der Waals surface area contributed by atoms with E-state index in [1.807, 2.05) is 20.8 Å². The molecule has 0 saturated carbocycles. The van der Waals surface area contributed by atoms with Crippen LogP contribution in [0.5, 0.6) is 5.75 Å². The molecule has 1 aromatic heterocycles. The van der Waals surface area contributed by atoms with Crippen LogP contribution >= 0.6 is 11.6 Å². The van der Waals surface area contributed by atoms with Crippen molar-refractivity contribution >= 4 is 44.9 Å². The highest BCUT2D eigenvalue weighted by atomic mass is 35.5. The summed E-state index contributed by atoms with van der Waals surface area (Å²) >= 11 is 6.24. The van der Waals surface area contributed by atoms with Crippen LogP contribution in [0.15, 0.2) is 53.6 Å². The van der Waals surface area contributed by atoms with E-state index in [2.05, 4.69) is 4.72 Å². The molecule has 1 N–H and O–H groups in total. The quantitative estimate of drug-likeness (QED) is 0.300. The monoisotopic (exact) mass is 529 g/mol. The number of aryl methyl sites for hydroxylation is 1. The number of hydrogen-bond donors (Lipinski definition) is 1. The number of halogens is 1. The Morgan fingerprint density at radius 2 is 1.64 bits per heavy atom. The second-order valence-corrected chi connectivity index (χ2v) is 11.5. The predicted octanol–water partition coefficient (Wildman–Crippen LogP) is 4.19. The largest absolute Gasteiger partial charge is 0.710 e. The fourth-order valence-corrected chi connectivity index (χ4v) is 5.25. The first-order chi connectivity index (χ1) is 16.8. The molecule has 0 atom stereocenters. The smallest absolute Gasteiger partial charge is 0.352 e. The maximum absolute atomic E-state index is 13.4. The van der Waals surface area contributed by atoms with E-state index in [-0.39, 0.29) is 43.7 Å². The number of pyridine rings is 1. The SMILES string of the molecule is COc1c[n+]([O-])c(N2C(=O)c3c(Cl)ccc(NS(=O)(=O)c4ccc(C(C)(C)C)cc4)c3C2=O)cc1C. The van der Waals surface area contributed by atoms with Gasteiger partial charge in [-0.15, -0.1) is 4.90 Å². The Balaban J connectivity index is 1.76. The fraction of sp³-hybridized carbons (Fsp3) is 0.240. The van der Waals surface area contributed by atoms with Crippen LogP contribution in [0.1, 0.15) is 52.6 Å². The van der Waals surface area contributed by atoms with Crippen LogP contribution in [-0.4, -0.2) is 27.3 Å². The predicted molar refractivity (Wildman–Crippen MR) is 135 cm³/mol. The maximum Gasteiger partial charge on any atom is 0.352 e. The number of anilines is 2. The molecule has 4 rings (SSSR count). The number of amides is 2. The van der Waals surface area contributed by atoms with Crippen molar-refractivity contribution in [2.24, 2.45) is 0 Å². The van der Waals surface area contributed by atoms with E-state index < -0.39 is 21.8 Å². The molecular weight excluding hydrogens is 506 g/mol. The summed E-state index contributed by atoms with van der Waals surface area (Å²) in [6.07, 6.45) is 1.10. The van der Waals surface area contributed by atoms with Gasteiger partial charge in [0.05, 0.1) is 22.7 Å². The number of fused-ring (bicyclic) bond motifs is 1. The molecule has 11 heteroatoms. The van der Waals surface area contributed by atoms with E-state index in [0.29, 0.717) is 15.2 Å². The van der Waals surface area contributed by atoms with Crippen LogP contribution in [0.3, 0.4) is 0 Å². The Morgan fingerprint density at radius 3 is 2.22 bits per heavy atom. The summed E-state index contributed by atoms with van der Waals surface area (Å²) < 4.78 is 34.1. The number of benzene rings is 2. The number of carbonyl (C=O) groups is 2. The number of aromatic nitrogens is 1. The number of rotatable bonds is 5. The lowest BCUT2D eigenvalue weighted by Crippen LogP contribution is -2.41. The van der Waals surface area contributed by atoms with Crippen LogP contribution in [0.4, 0.5) is 11.5 Å². The fourth-order valence-electron chi connectivity index (χ4n) is 3.93. The lowest BCUT2D eigenvalue weighted by molar-refractivity contribution is -0.591. The van der Waals surface area contributed by atoms with Gasteiger partial charge in [-0.25, -0.2) is 22.7 Å². The Hall–Kier alpha value is -3.63. The van der Waals surface area contributed by atoms with Gasteiger partial charge in [0.1, 0.15) is 17.3 Å². The molecule has 0 aliphatic carbocycles. The Bertz CT molecular complexity index is 1510. The van der Waals surface area contributed by atoms with Gasteiger partial charge >= 0.3 is 11.8 Å². The summed E-state index contributed by atoms with van der Waals surface area (Å²) in [7, 11) is -2.73. The number of nitrogens with zero attached hydrogens (tertiary/aromatic N) is 2. The van der Waals surface area contributed by atoms with Gasteiger partial charge < -0.3 is 9.94 Å². The Morgan fingerprint density at radius 1 is 1.03 bits per heavy atom. The molecule has 2 heterocycles. The van der Waals surface area contributed by atoms with Crippen LogP contribution in [-0.2, 0) is 15.4 Å². The van der Waals surface area contributed by atoms with Crippen molar-refractivity contribution in [2.45, 2.75) is 38.0 Å². The molecule has 2 amide bonds. The molecule has 0 saturated heterocycles. The number of ether oxygens (including phenoxy) is 1. The number of methoxy groups -OCH3 is 1. The zero-order chi connectivity index (χ0) is 26.6. The van der Waals surface area contributed by atoms with Crippen molar-refractivity contribution in [3.05, 3.63) is 81.1 Å². The summed E-state index contributed by atoms with van der Waals surface area (Å²) in [5.41, 5.74) is 0.737. The van der Waals surface area contributed by atoms with Gasteiger partial charge in [0.2, 0.25) is 0 Å². The highest BCUT2D eigenvalue weighted by Crippen LogP contribution is 2.37. The number of nitrogens with one attached hydrogen (secondary N) is 1. The van der Waals surface area contributed by atoms with Crippen molar-refractivity contribution in [3.63, 3.8) is 0 Å². The topological polar surface area (TPSA) is 120 Å². The van der Waals surface area contributed by atoms with E-state index in [9.17, 15) is 23.2 Å². The number of carbonyl (C=O) groups excluding carboxylic acids is 2. The molecule has 0 fully saturated rings. The minimum atomic E-state index is -4.12. The van der Waals surface area contributed by atoms with Gasteiger partial charge in [0, 0.05) is 11.6 Å². The molecule has 0 spiro atoms. The molecule has 2 aromatic carbocycles. The summed E-state index contributed by atoms with van der Waals surface area (Å²) in [5.74, 6) is -1.71. The molecule has 1 aliphatic heterocycles. The van der Waals surface area contributed by atoms with Crippen molar-refractivity contribution in [3.8, 4) is 5.75 Å². The van der Waals surface area contributed by atoms with Crippen LogP contribution in [0.2, 0.25) is 5.02 Å². The van der Waals surface area contributed by atoms with E-state index in [1.54, 1.807) is 19.1 Å². The molecule has 188 valence electrons. The standard InChI is InChI=1S/C25H24ClN3O6S/c1-14-12-20(28(32)13-19(14)35-5)29-23(30)21-17(26)10-11-18(22(21)24(29)31)27-36(33,34)16-8-6-15(7-9-16)25(2,3)4/h6-13,27H,1-5H3. The minimum absolute atomic E-state index is 0.0176. The Kier molecular flexibility index (Phi) is 6.22. The third-order valence-electron chi connectivity index (χ3n) is 5.91. The third kappa shape index (κ3) is 4.27. The molecule has 9 nitrogen and oxygen atoms in total. The second-order valence-electron chi connectivity index (χ2n) is 9.38. The van der Waals surface area contributed by atoms with Crippen molar-refractivity contribution in [2.75, 3.05) is 16.7 Å². The molecule has 3 aromatic rings. The average Bonchev–Trinajstić information content (AvgIpc) is 3.07. The molecule has 0 radical (unpaired) electrons. The van der Waals surface area contributed by atoms with E-state index >= 15 is 0 Å². The average molecular weight is 530 g/mol.